The molecule has 262 valence electrons. The Hall–Kier alpha value is -3.38. The fourth-order valence-electron chi connectivity index (χ4n) is 5.62. The van der Waals surface area contributed by atoms with Crippen molar-refractivity contribution in [3.63, 3.8) is 0 Å². The molecular formula is C31H40ClF6N5O4. The van der Waals surface area contributed by atoms with E-state index >= 15 is 0 Å². The van der Waals surface area contributed by atoms with Crippen LogP contribution in [0.25, 0.3) is 0 Å². The number of rotatable bonds is 6. The maximum absolute atomic E-state index is 13.3. The van der Waals surface area contributed by atoms with Gasteiger partial charge in [0.05, 0.1) is 12.6 Å². The number of nitrogens with zero attached hydrogens (tertiary/aromatic N) is 4. The molecule has 0 radical (unpaired) electrons. The predicted molar refractivity (Wildman–Crippen MR) is 162 cm³/mol. The van der Waals surface area contributed by atoms with E-state index in [0.717, 1.165) is 16.2 Å². The van der Waals surface area contributed by atoms with Gasteiger partial charge in [-0.05, 0) is 62.6 Å². The molecule has 1 N–H and O–H groups in total. The summed E-state index contributed by atoms with van der Waals surface area (Å²) >= 11 is 6.06. The highest BCUT2D eigenvalue weighted by Crippen LogP contribution is 2.59. The molecule has 0 spiro atoms. The molecule has 4 aliphatic rings. The Morgan fingerprint density at radius 1 is 1.02 bits per heavy atom. The van der Waals surface area contributed by atoms with Gasteiger partial charge in [-0.1, -0.05) is 31.0 Å². The van der Waals surface area contributed by atoms with Crippen LogP contribution in [0.3, 0.4) is 0 Å². The second kappa shape index (κ2) is 16.1. The Balaban J connectivity index is 0.000000302. The minimum Gasteiger partial charge on any atom is -0.369 e. The van der Waals surface area contributed by atoms with Gasteiger partial charge < -0.3 is 24.7 Å². The smallest absolute Gasteiger partial charge is 0.369 e. The number of anilines is 1. The number of halogens is 7. The summed E-state index contributed by atoms with van der Waals surface area (Å²) in [5.74, 6) is -1.48. The highest BCUT2D eigenvalue weighted by atomic mass is 35.5. The Morgan fingerprint density at radius 3 is 2.02 bits per heavy atom. The molecule has 16 heteroatoms. The Bertz CT molecular complexity index is 1270. The first-order chi connectivity index (χ1) is 22.0. The molecule has 2 atom stereocenters. The van der Waals surface area contributed by atoms with E-state index in [1.165, 1.54) is 4.90 Å². The Kier molecular flexibility index (Phi) is 13.7. The topological polar surface area (TPSA) is 114 Å². The first-order valence-electron chi connectivity index (χ1n) is 15.0. The van der Waals surface area contributed by atoms with Crippen LogP contribution in [0.15, 0.2) is 18.2 Å². The Labute approximate surface area is 275 Å². The normalized spacial score (nSPS) is 22.6. The highest BCUT2D eigenvalue weighted by molar-refractivity contribution is 6.31. The number of carbonyl (C=O) groups is 4. The minimum atomic E-state index is -4.58. The molecule has 4 fully saturated rings. The quantitative estimate of drug-likeness (QED) is 0.413. The molecule has 1 aromatic rings. The van der Waals surface area contributed by atoms with Crippen molar-refractivity contribution in [3.8, 4) is 6.07 Å². The first-order valence-corrected chi connectivity index (χ1v) is 15.4. The largest absolute Gasteiger partial charge is 0.403 e. The van der Waals surface area contributed by atoms with Gasteiger partial charge in [0.25, 0.3) is 0 Å². The third kappa shape index (κ3) is 10.1. The SMILES string of the molecule is C=O.C=O.CCC1C[C@@H](C(=O)NC2(C#N)CC2)N(C(=O)C2(C(F)(F)F)CC2)C1.Cc1ccc(N2CCN(CC(F)(F)F)CC2)cc1Cl. The number of piperazine rings is 1. The van der Waals surface area contributed by atoms with E-state index in [0.29, 0.717) is 56.9 Å². The van der Waals surface area contributed by atoms with Crippen molar-refractivity contribution in [2.45, 2.75) is 76.3 Å². The van der Waals surface area contributed by atoms with E-state index in [1.807, 2.05) is 51.7 Å². The number of alkyl halides is 6. The van der Waals surface area contributed by atoms with Crippen molar-refractivity contribution in [3.05, 3.63) is 28.8 Å². The molecule has 47 heavy (non-hydrogen) atoms. The van der Waals surface area contributed by atoms with E-state index in [9.17, 15) is 35.9 Å². The molecule has 2 heterocycles. The second-order valence-electron chi connectivity index (χ2n) is 12.1. The zero-order valence-corrected chi connectivity index (χ0v) is 27.1. The molecule has 2 amide bonds. The van der Waals surface area contributed by atoms with Gasteiger partial charge in [-0.3, -0.25) is 14.5 Å². The van der Waals surface area contributed by atoms with E-state index < -0.39 is 47.7 Å². The van der Waals surface area contributed by atoms with Gasteiger partial charge >= 0.3 is 12.4 Å². The zero-order chi connectivity index (χ0) is 35.8. The number of amides is 2. The van der Waals surface area contributed by atoms with E-state index in [2.05, 4.69) is 10.2 Å². The lowest BCUT2D eigenvalue weighted by atomic mass is 10.0. The van der Waals surface area contributed by atoms with Crippen LogP contribution >= 0.6 is 11.6 Å². The maximum atomic E-state index is 13.3. The van der Waals surface area contributed by atoms with Crippen molar-refractivity contribution < 1.29 is 45.5 Å². The number of nitriles is 1. The standard InChI is InChI=1S/C16H20F3N3O2.C13H16ClF3N2.2CH2O/c1-2-10-7-11(12(23)21-14(9-20)3-4-14)22(8-10)13(24)15(5-6-15)16(17,18)19;1-10-2-3-11(8-12(10)14)19-6-4-18(5-7-19)9-13(15,16)17;2*1-2/h10-11H,2-8H2,1H3,(H,21,23);2-3,8H,4-7,9H2,1H3;2*1H2/t10?,11-;;;/m0.../s1. The molecule has 2 aliphatic heterocycles. The van der Waals surface area contributed by atoms with Crippen molar-refractivity contribution in [2.75, 3.05) is 44.2 Å². The summed E-state index contributed by atoms with van der Waals surface area (Å²) in [4.78, 5) is 45.7. The van der Waals surface area contributed by atoms with E-state index in [1.54, 1.807) is 0 Å². The summed E-state index contributed by atoms with van der Waals surface area (Å²) in [5, 5.41) is 12.4. The summed E-state index contributed by atoms with van der Waals surface area (Å²) in [6.07, 6.45) is -6.99. The first kappa shape index (κ1) is 39.8. The molecule has 0 aromatic heterocycles. The maximum Gasteiger partial charge on any atom is 0.403 e. The van der Waals surface area contributed by atoms with Gasteiger partial charge in [-0.15, -0.1) is 0 Å². The van der Waals surface area contributed by atoms with Crippen LogP contribution < -0.4 is 10.2 Å². The third-order valence-electron chi connectivity index (χ3n) is 8.85. The fourth-order valence-corrected chi connectivity index (χ4v) is 5.79. The van der Waals surface area contributed by atoms with Crippen molar-refractivity contribution >= 4 is 42.7 Å². The molecule has 5 rings (SSSR count). The summed E-state index contributed by atoms with van der Waals surface area (Å²) in [7, 11) is 0. The predicted octanol–water partition coefficient (Wildman–Crippen LogP) is 5.09. The van der Waals surface area contributed by atoms with E-state index in [-0.39, 0.29) is 25.3 Å². The van der Waals surface area contributed by atoms with Gasteiger partial charge in [0.15, 0.2) is 0 Å². The second-order valence-corrected chi connectivity index (χ2v) is 12.5. The van der Waals surface area contributed by atoms with Crippen LogP contribution in [0, 0.1) is 29.6 Å². The average Bonchev–Trinajstić information content (AvgIpc) is 3.96. The Morgan fingerprint density at radius 2 is 1.60 bits per heavy atom. The molecule has 9 nitrogen and oxygen atoms in total. The van der Waals surface area contributed by atoms with Crippen LogP contribution in [0.4, 0.5) is 32.0 Å². The number of likely N-dealkylation sites (tertiary alicyclic amines) is 1. The highest BCUT2D eigenvalue weighted by Gasteiger charge is 2.70. The van der Waals surface area contributed by atoms with Gasteiger partial charge in [0.2, 0.25) is 11.8 Å². The summed E-state index contributed by atoms with van der Waals surface area (Å²) < 4.78 is 76.6. The third-order valence-corrected chi connectivity index (χ3v) is 9.26. The minimum absolute atomic E-state index is 0.00553. The number of nitrogens with one attached hydrogen (secondary N) is 1. The number of benzene rings is 1. The summed E-state index contributed by atoms with van der Waals surface area (Å²) in [5.41, 5.74) is -1.22. The van der Waals surface area contributed by atoms with Crippen LogP contribution in [-0.2, 0) is 19.2 Å². The number of hydrogen-bond acceptors (Lipinski definition) is 7. The van der Waals surface area contributed by atoms with Crippen molar-refractivity contribution in [1.29, 1.82) is 5.26 Å². The molecule has 1 aromatic carbocycles. The average molecular weight is 696 g/mol. The summed E-state index contributed by atoms with van der Waals surface area (Å²) in [6, 6.07) is 6.88. The van der Waals surface area contributed by atoms with Gasteiger partial charge in [0, 0.05) is 43.4 Å². The lowest BCUT2D eigenvalue weighted by molar-refractivity contribution is -0.199. The van der Waals surface area contributed by atoms with Gasteiger partial charge in [-0.2, -0.15) is 31.6 Å². The number of aryl methyl sites for hydroxylation is 1. The van der Waals surface area contributed by atoms with Crippen LogP contribution in [0.5, 0.6) is 0 Å². The number of carbonyl (C=O) groups excluding carboxylic acids is 4. The molecular weight excluding hydrogens is 656 g/mol. The molecule has 1 unspecified atom stereocenters. The van der Waals surface area contributed by atoms with Crippen LogP contribution in [0.1, 0.15) is 51.0 Å². The monoisotopic (exact) mass is 695 g/mol. The van der Waals surface area contributed by atoms with Crippen LogP contribution in [-0.4, -0.2) is 98.4 Å². The lowest BCUT2D eigenvalue weighted by Gasteiger charge is -2.36. The number of hydrogen-bond donors (Lipinski definition) is 1. The molecule has 2 saturated heterocycles. The molecule has 2 aliphatic carbocycles. The van der Waals surface area contributed by atoms with Gasteiger partial charge in [0.1, 0.15) is 30.6 Å². The van der Waals surface area contributed by atoms with E-state index in [4.69, 9.17) is 26.5 Å². The zero-order valence-electron chi connectivity index (χ0n) is 26.4. The summed E-state index contributed by atoms with van der Waals surface area (Å²) in [6.45, 7) is 9.19. The van der Waals surface area contributed by atoms with Gasteiger partial charge in [-0.25, -0.2) is 0 Å². The molecule has 0 bridgehead atoms. The fraction of sp³-hybridized carbons (Fsp3) is 0.645. The van der Waals surface area contributed by atoms with Crippen molar-refractivity contribution in [2.24, 2.45) is 11.3 Å². The molecule has 2 saturated carbocycles. The lowest BCUT2D eigenvalue weighted by Crippen LogP contribution is -2.53. The van der Waals surface area contributed by atoms with Crippen molar-refractivity contribution in [1.82, 2.24) is 15.1 Å². The van der Waals surface area contributed by atoms with Crippen LogP contribution in [0.2, 0.25) is 5.02 Å².